The van der Waals surface area contributed by atoms with E-state index in [4.69, 9.17) is 28.9 Å². The van der Waals surface area contributed by atoms with Crippen LogP contribution in [0.15, 0.2) is 28.1 Å². The molecule has 106 valence electrons. The van der Waals surface area contributed by atoms with Gasteiger partial charge in [-0.1, -0.05) is 23.2 Å². The minimum absolute atomic E-state index is 0.218. The van der Waals surface area contributed by atoms with Crippen LogP contribution in [-0.4, -0.2) is 12.5 Å². The third-order valence-corrected chi connectivity index (χ3v) is 4.94. The SMILES string of the molecule is Nc1c(Cl)cc(C(=O)NCCc2ccc(Br)s2)cc1Cl. The highest BCUT2D eigenvalue weighted by atomic mass is 79.9. The Morgan fingerprint density at radius 3 is 2.50 bits per heavy atom. The van der Waals surface area contributed by atoms with E-state index in [0.29, 0.717) is 12.1 Å². The zero-order valence-corrected chi connectivity index (χ0v) is 14.2. The molecule has 2 rings (SSSR count). The fourth-order valence-corrected chi connectivity index (χ4v) is 3.57. The van der Waals surface area contributed by atoms with E-state index in [1.165, 1.54) is 17.0 Å². The average molecular weight is 394 g/mol. The summed E-state index contributed by atoms with van der Waals surface area (Å²) in [7, 11) is 0. The lowest BCUT2D eigenvalue weighted by molar-refractivity contribution is 0.0954. The van der Waals surface area contributed by atoms with E-state index in [-0.39, 0.29) is 21.6 Å². The minimum atomic E-state index is -0.218. The van der Waals surface area contributed by atoms with E-state index in [0.717, 1.165) is 10.2 Å². The van der Waals surface area contributed by atoms with Crippen molar-refractivity contribution in [2.75, 3.05) is 12.3 Å². The van der Waals surface area contributed by atoms with Crippen molar-refractivity contribution in [1.82, 2.24) is 5.32 Å². The van der Waals surface area contributed by atoms with Crippen molar-refractivity contribution in [1.29, 1.82) is 0 Å². The molecule has 0 bridgehead atoms. The molecule has 0 fully saturated rings. The molecular formula is C13H11BrCl2N2OS. The van der Waals surface area contributed by atoms with Gasteiger partial charge in [0.25, 0.3) is 5.91 Å². The number of nitrogens with one attached hydrogen (secondary N) is 1. The molecule has 7 heteroatoms. The van der Waals surface area contributed by atoms with Gasteiger partial charge in [-0.05, 0) is 46.6 Å². The Hall–Kier alpha value is -0.750. The summed E-state index contributed by atoms with van der Waals surface area (Å²) in [5.74, 6) is -0.218. The van der Waals surface area contributed by atoms with Crippen LogP contribution in [0.5, 0.6) is 0 Å². The van der Waals surface area contributed by atoms with Gasteiger partial charge in [0.1, 0.15) is 0 Å². The van der Waals surface area contributed by atoms with Gasteiger partial charge in [-0.2, -0.15) is 0 Å². The molecule has 3 nitrogen and oxygen atoms in total. The number of nitrogens with two attached hydrogens (primary N) is 1. The summed E-state index contributed by atoms with van der Waals surface area (Å²) in [4.78, 5) is 13.2. The van der Waals surface area contributed by atoms with Crippen molar-refractivity contribution in [3.05, 3.63) is 48.5 Å². The number of amides is 1. The summed E-state index contributed by atoms with van der Waals surface area (Å²) in [6.45, 7) is 0.547. The second-order valence-corrected chi connectivity index (χ2v) is 7.43. The van der Waals surface area contributed by atoms with Gasteiger partial charge in [-0.15, -0.1) is 11.3 Å². The number of hydrogen-bond acceptors (Lipinski definition) is 3. The molecule has 1 aromatic heterocycles. The second-order valence-electron chi connectivity index (χ2n) is 4.07. The summed E-state index contributed by atoms with van der Waals surface area (Å²) < 4.78 is 1.08. The van der Waals surface area contributed by atoms with Crippen LogP contribution < -0.4 is 11.1 Å². The Morgan fingerprint density at radius 1 is 1.30 bits per heavy atom. The lowest BCUT2D eigenvalue weighted by atomic mass is 10.2. The highest BCUT2D eigenvalue weighted by molar-refractivity contribution is 9.11. The van der Waals surface area contributed by atoms with Gasteiger partial charge in [-0.3, -0.25) is 4.79 Å². The third-order valence-electron chi connectivity index (χ3n) is 2.63. The summed E-state index contributed by atoms with van der Waals surface area (Å²) in [5, 5.41) is 3.39. The summed E-state index contributed by atoms with van der Waals surface area (Å²) >= 11 is 16.9. The van der Waals surface area contributed by atoms with Crippen molar-refractivity contribution in [2.45, 2.75) is 6.42 Å². The van der Waals surface area contributed by atoms with Crippen LogP contribution in [0, 0.1) is 0 Å². The number of nitrogen functional groups attached to an aromatic ring is 1. The van der Waals surface area contributed by atoms with Gasteiger partial charge < -0.3 is 11.1 Å². The number of carbonyl (C=O) groups is 1. The first-order valence-electron chi connectivity index (χ1n) is 5.74. The predicted molar refractivity (Wildman–Crippen MR) is 88.9 cm³/mol. The number of anilines is 1. The maximum absolute atomic E-state index is 12.0. The Morgan fingerprint density at radius 2 is 1.95 bits per heavy atom. The number of halogens is 3. The van der Waals surface area contributed by atoms with Crippen LogP contribution in [0.2, 0.25) is 10.0 Å². The fourth-order valence-electron chi connectivity index (χ4n) is 1.60. The predicted octanol–water partition coefficient (Wildman–Crippen LogP) is 4.37. The molecule has 1 aromatic carbocycles. The van der Waals surface area contributed by atoms with E-state index in [1.807, 2.05) is 12.1 Å². The Labute approximate surface area is 139 Å². The lowest BCUT2D eigenvalue weighted by Gasteiger charge is -2.07. The molecular weight excluding hydrogens is 383 g/mol. The van der Waals surface area contributed by atoms with Gasteiger partial charge in [0, 0.05) is 17.0 Å². The zero-order chi connectivity index (χ0) is 14.7. The van der Waals surface area contributed by atoms with Crippen molar-refractivity contribution in [3.8, 4) is 0 Å². The molecule has 2 aromatic rings. The summed E-state index contributed by atoms with van der Waals surface area (Å²) in [5.41, 5.74) is 6.32. The molecule has 1 heterocycles. The quantitative estimate of drug-likeness (QED) is 0.757. The van der Waals surface area contributed by atoms with Crippen molar-refractivity contribution in [2.24, 2.45) is 0 Å². The average Bonchev–Trinajstić information content (AvgIpc) is 2.81. The van der Waals surface area contributed by atoms with E-state index in [1.54, 1.807) is 11.3 Å². The second kappa shape index (κ2) is 6.80. The molecule has 20 heavy (non-hydrogen) atoms. The molecule has 0 aliphatic rings. The molecule has 0 saturated heterocycles. The Kier molecular flexibility index (Phi) is 5.32. The van der Waals surface area contributed by atoms with Crippen LogP contribution in [-0.2, 0) is 6.42 Å². The number of carbonyl (C=O) groups excluding carboxylic acids is 1. The summed E-state index contributed by atoms with van der Waals surface area (Å²) in [6, 6.07) is 7.04. The first-order valence-corrected chi connectivity index (χ1v) is 8.11. The van der Waals surface area contributed by atoms with Crippen LogP contribution in [0.3, 0.4) is 0 Å². The third kappa shape index (κ3) is 3.88. The number of benzene rings is 1. The van der Waals surface area contributed by atoms with E-state index >= 15 is 0 Å². The molecule has 0 atom stereocenters. The standard InChI is InChI=1S/C13H11BrCl2N2OS/c14-11-2-1-8(20-11)3-4-18-13(19)7-5-9(15)12(17)10(16)6-7/h1-2,5-6H,3-4,17H2,(H,18,19). The molecule has 0 saturated carbocycles. The van der Waals surface area contributed by atoms with E-state index < -0.39 is 0 Å². The number of rotatable bonds is 4. The van der Waals surface area contributed by atoms with Crippen molar-refractivity contribution >= 4 is 62.1 Å². The lowest BCUT2D eigenvalue weighted by Crippen LogP contribution is -2.25. The molecule has 3 N–H and O–H groups in total. The first-order chi connectivity index (χ1) is 9.47. The maximum atomic E-state index is 12.0. The van der Waals surface area contributed by atoms with Crippen LogP contribution in [0.4, 0.5) is 5.69 Å². The molecule has 0 spiro atoms. The van der Waals surface area contributed by atoms with Crippen LogP contribution >= 0.6 is 50.5 Å². The topological polar surface area (TPSA) is 55.1 Å². The Bertz CT molecular complexity index is 622. The van der Waals surface area contributed by atoms with Gasteiger partial charge in [0.2, 0.25) is 0 Å². The van der Waals surface area contributed by atoms with Gasteiger partial charge >= 0.3 is 0 Å². The smallest absolute Gasteiger partial charge is 0.251 e. The maximum Gasteiger partial charge on any atom is 0.251 e. The van der Waals surface area contributed by atoms with Gasteiger partial charge in [0.05, 0.1) is 19.5 Å². The number of thiophene rings is 1. The van der Waals surface area contributed by atoms with E-state index in [9.17, 15) is 4.79 Å². The van der Waals surface area contributed by atoms with Crippen molar-refractivity contribution < 1.29 is 4.79 Å². The molecule has 1 amide bonds. The van der Waals surface area contributed by atoms with E-state index in [2.05, 4.69) is 21.2 Å². The molecule has 0 aliphatic heterocycles. The van der Waals surface area contributed by atoms with Crippen LogP contribution in [0.1, 0.15) is 15.2 Å². The molecule has 0 aliphatic carbocycles. The highest BCUT2D eigenvalue weighted by Crippen LogP contribution is 2.28. The summed E-state index contributed by atoms with van der Waals surface area (Å²) in [6.07, 6.45) is 0.776. The first kappa shape index (κ1) is 15.6. The largest absolute Gasteiger partial charge is 0.396 e. The van der Waals surface area contributed by atoms with Gasteiger partial charge in [0.15, 0.2) is 0 Å². The fraction of sp³-hybridized carbons (Fsp3) is 0.154. The van der Waals surface area contributed by atoms with Crippen molar-refractivity contribution in [3.63, 3.8) is 0 Å². The number of hydrogen-bond donors (Lipinski definition) is 2. The highest BCUT2D eigenvalue weighted by Gasteiger charge is 2.11. The minimum Gasteiger partial charge on any atom is -0.396 e. The normalized spacial score (nSPS) is 10.6. The zero-order valence-electron chi connectivity index (χ0n) is 10.3. The van der Waals surface area contributed by atoms with Crippen LogP contribution in [0.25, 0.3) is 0 Å². The molecule has 0 unspecified atom stereocenters. The molecule has 0 radical (unpaired) electrons. The monoisotopic (exact) mass is 392 g/mol. The Balaban J connectivity index is 1.95. The van der Waals surface area contributed by atoms with Gasteiger partial charge in [-0.25, -0.2) is 0 Å².